The van der Waals surface area contributed by atoms with Gasteiger partial charge in [0.1, 0.15) is 0 Å². The lowest BCUT2D eigenvalue weighted by atomic mass is 10.2. The van der Waals surface area contributed by atoms with Crippen LogP contribution in [0, 0.1) is 0 Å². The van der Waals surface area contributed by atoms with E-state index in [2.05, 4.69) is 19.1 Å². The highest BCUT2D eigenvalue weighted by Gasteiger charge is 1.92. The summed E-state index contributed by atoms with van der Waals surface area (Å²) in [5.74, 6) is -0.738. The van der Waals surface area contributed by atoms with Gasteiger partial charge in [0.05, 0.1) is 0 Å². The molecule has 0 amide bonds. The van der Waals surface area contributed by atoms with Gasteiger partial charge in [-0.3, -0.25) is 4.79 Å². The predicted molar refractivity (Wildman–Crippen MR) is 96.0 cm³/mol. The third-order valence-corrected chi connectivity index (χ3v) is 3.11. The van der Waals surface area contributed by atoms with Crippen LogP contribution in [-0.4, -0.2) is 11.1 Å². The van der Waals surface area contributed by atoms with E-state index in [4.69, 9.17) is 6.48 Å². The quantitative estimate of drug-likeness (QED) is 0.306. The number of unbranched alkanes of at least 4 members (excludes halogenated alkanes) is 4. The van der Waals surface area contributed by atoms with E-state index in [-0.39, 0.29) is 12.8 Å². The van der Waals surface area contributed by atoms with Crippen LogP contribution in [0.5, 0.6) is 0 Å². The van der Waals surface area contributed by atoms with E-state index in [1.54, 1.807) is 0 Å². The highest BCUT2D eigenvalue weighted by molar-refractivity contribution is 5.66. The van der Waals surface area contributed by atoms with Gasteiger partial charge in [-0.05, 0) is 44.9 Å². The monoisotopic (exact) mass is 306 g/mol. The molecule has 124 valence electrons. The number of hydrogen-bond donors (Lipinski definition) is 1. The van der Waals surface area contributed by atoms with E-state index in [1.807, 2.05) is 36.5 Å². The Balaban J connectivity index is 3.63. The van der Waals surface area contributed by atoms with E-state index in [9.17, 15) is 4.79 Å². The summed E-state index contributed by atoms with van der Waals surface area (Å²) in [6.07, 6.45) is 24.3. The second-order valence-electron chi connectivity index (χ2n) is 5.24. The van der Waals surface area contributed by atoms with Crippen molar-refractivity contribution in [2.45, 2.75) is 71.1 Å². The second kappa shape index (κ2) is 17.5. The third kappa shape index (κ3) is 18.4. The Morgan fingerprint density at radius 1 is 0.864 bits per heavy atom. The van der Waals surface area contributed by atoms with Gasteiger partial charge in [0.15, 0.2) is 0 Å². The Labute approximate surface area is 137 Å². The molecule has 0 heterocycles. The molecule has 0 aliphatic carbocycles. The van der Waals surface area contributed by atoms with Crippen molar-refractivity contribution in [1.29, 1.82) is 0 Å². The van der Waals surface area contributed by atoms with Crippen molar-refractivity contribution < 1.29 is 11.3 Å². The van der Waals surface area contributed by atoms with Gasteiger partial charge >= 0.3 is 5.97 Å². The Kier molecular flexibility index (Phi) is 14.7. The van der Waals surface area contributed by atoms with E-state index in [0.717, 1.165) is 25.7 Å². The van der Waals surface area contributed by atoms with Crippen LogP contribution < -0.4 is 0 Å². The summed E-state index contributed by atoms with van der Waals surface area (Å²) in [5.41, 5.74) is 0. The summed E-state index contributed by atoms with van der Waals surface area (Å²) in [7, 11) is 0. The third-order valence-electron chi connectivity index (χ3n) is 3.11. The van der Waals surface area contributed by atoms with Gasteiger partial charge in [-0.2, -0.15) is 0 Å². The molecule has 0 fully saturated rings. The molecule has 0 aromatic rings. The molecule has 0 radical (unpaired) electrons. The SMILES string of the molecule is [3H]C(/C=C\C/C=C\CCCCC)/C=C\C/C=C\CCCC(=O)O. The van der Waals surface area contributed by atoms with Crippen LogP contribution in [0.4, 0.5) is 0 Å². The number of hydrogen-bond acceptors (Lipinski definition) is 1. The van der Waals surface area contributed by atoms with Gasteiger partial charge in [0.25, 0.3) is 0 Å². The Morgan fingerprint density at radius 2 is 1.41 bits per heavy atom. The summed E-state index contributed by atoms with van der Waals surface area (Å²) < 4.78 is 7.85. The first-order valence-corrected chi connectivity index (χ1v) is 8.44. The number of allylic oxidation sites excluding steroid dienone is 8. The van der Waals surface area contributed by atoms with E-state index in [1.165, 1.54) is 19.3 Å². The minimum atomic E-state index is -0.738. The van der Waals surface area contributed by atoms with Crippen molar-refractivity contribution in [2.75, 3.05) is 0 Å². The number of carboxylic acid groups (broad SMARTS) is 1. The van der Waals surface area contributed by atoms with Crippen LogP contribution in [0.1, 0.15) is 72.5 Å². The second-order valence-corrected chi connectivity index (χ2v) is 5.24. The van der Waals surface area contributed by atoms with Gasteiger partial charge in [0, 0.05) is 7.79 Å². The topological polar surface area (TPSA) is 37.3 Å². The maximum atomic E-state index is 10.3. The van der Waals surface area contributed by atoms with Crippen molar-refractivity contribution in [3.63, 3.8) is 0 Å². The van der Waals surface area contributed by atoms with Crippen molar-refractivity contribution in [1.82, 2.24) is 0 Å². The van der Waals surface area contributed by atoms with Gasteiger partial charge in [-0.15, -0.1) is 0 Å². The molecule has 0 saturated carbocycles. The van der Waals surface area contributed by atoms with Gasteiger partial charge in [-0.1, -0.05) is 68.4 Å². The number of aliphatic carboxylic acids is 1. The van der Waals surface area contributed by atoms with Crippen LogP contribution in [0.15, 0.2) is 48.6 Å². The fourth-order valence-corrected chi connectivity index (χ4v) is 1.85. The molecule has 0 aromatic carbocycles. The average molecular weight is 306 g/mol. The van der Waals surface area contributed by atoms with Crippen LogP contribution in [0.25, 0.3) is 0 Å². The van der Waals surface area contributed by atoms with Gasteiger partial charge in [-0.25, -0.2) is 0 Å². The zero-order valence-electron chi connectivity index (χ0n) is 14.9. The van der Waals surface area contributed by atoms with Crippen molar-refractivity contribution in [3.05, 3.63) is 48.6 Å². The molecule has 22 heavy (non-hydrogen) atoms. The highest BCUT2D eigenvalue weighted by Crippen LogP contribution is 2.01. The number of carbonyl (C=O) groups is 1. The first-order valence-electron chi connectivity index (χ1n) is 9.02. The Bertz CT molecular complexity index is 394. The van der Waals surface area contributed by atoms with Crippen molar-refractivity contribution in [3.8, 4) is 0 Å². The molecule has 0 aliphatic heterocycles. The fourth-order valence-electron chi connectivity index (χ4n) is 1.85. The van der Waals surface area contributed by atoms with Crippen LogP contribution in [0.2, 0.25) is 0 Å². The van der Waals surface area contributed by atoms with Gasteiger partial charge < -0.3 is 5.11 Å². The lowest BCUT2D eigenvalue weighted by Gasteiger charge is -1.90. The summed E-state index contributed by atoms with van der Waals surface area (Å²) in [6, 6.07) is 0. The predicted octanol–water partition coefficient (Wildman–Crippen LogP) is 6.22. The minimum Gasteiger partial charge on any atom is -0.481 e. The summed E-state index contributed by atoms with van der Waals surface area (Å²) in [6.45, 7) is 2.21. The van der Waals surface area contributed by atoms with Crippen LogP contribution in [-0.2, 0) is 4.79 Å². The number of rotatable bonds is 14. The maximum absolute atomic E-state index is 10.3. The Hall–Kier alpha value is -1.57. The molecule has 0 spiro atoms. The normalized spacial score (nSPS) is 14.5. The largest absolute Gasteiger partial charge is 0.481 e. The molecule has 2 heteroatoms. The maximum Gasteiger partial charge on any atom is 0.303 e. The lowest BCUT2D eigenvalue weighted by Crippen LogP contribution is -1.92. The molecular formula is C20H32O2. The van der Waals surface area contributed by atoms with Crippen molar-refractivity contribution in [2.24, 2.45) is 0 Å². The molecular weight excluding hydrogens is 272 g/mol. The standard InChI is InChI=1S/C20H32O2/c1-2-3-4-5-6-7-8-9-10-11-12-13-14-15-16-17-18-19-20(21)22/h6-7,9-10,12-13,15-16H,2-5,8,11,14,17-19H2,1H3,(H,21,22)/b7-6-,10-9-,13-12-,16-15-/i11T. The zero-order chi connectivity index (χ0) is 17.2. The number of carboxylic acids is 1. The summed E-state index contributed by atoms with van der Waals surface area (Å²) in [5, 5.41) is 8.50. The first kappa shape index (κ1) is 18.5. The first-order chi connectivity index (χ1) is 11.2. The molecule has 0 saturated heterocycles. The minimum absolute atomic E-state index is 0.229. The molecule has 1 atom stereocenters. The van der Waals surface area contributed by atoms with Crippen molar-refractivity contribution >= 4 is 5.97 Å². The summed E-state index contributed by atoms with van der Waals surface area (Å²) >= 11 is 0. The van der Waals surface area contributed by atoms with Gasteiger partial charge in [0.2, 0.25) is 0 Å². The zero-order valence-corrected chi connectivity index (χ0v) is 13.9. The van der Waals surface area contributed by atoms with Crippen LogP contribution >= 0.6 is 0 Å². The molecule has 0 rings (SSSR count). The van der Waals surface area contributed by atoms with E-state index >= 15 is 0 Å². The smallest absolute Gasteiger partial charge is 0.303 e. The molecule has 2 nitrogen and oxygen atoms in total. The lowest BCUT2D eigenvalue weighted by molar-refractivity contribution is -0.137. The molecule has 1 N–H and O–H groups in total. The molecule has 1 unspecified atom stereocenters. The van der Waals surface area contributed by atoms with E-state index < -0.39 is 5.97 Å². The summed E-state index contributed by atoms with van der Waals surface area (Å²) in [4.78, 5) is 10.3. The van der Waals surface area contributed by atoms with E-state index in [0.29, 0.717) is 6.42 Å². The highest BCUT2D eigenvalue weighted by atomic mass is 16.4. The molecule has 0 bridgehead atoms. The molecule has 0 aliphatic rings. The van der Waals surface area contributed by atoms with Crippen LogP contribution in [0.3, 0.4) is 0 Å². The fraction of sp³-hybridized carbons (Fsp3) is 0.550. The average Bonchev–Trinajstić information content (AvgIpc) is 2.52. The Morgan fingerprint density at radius 3 is 1.95 bits per heavy atom. The molecule has 0 aromatic heterocycles.